The molecule has 2 aromatic rings. The molecular weight excluding hydrogens is 332 g/mol. The lowest BCUT2D eigenvalue weighted by Crippen LogP contribution is -2.08. The van der Waals surface area contributed by atoms with Gasteiger partial charge in [-0.1, -0.05) is 18.2 Å². The van der Waals surface area contributed by atoms with Crippen molar-refractivity contribution in [1.29, 1.82) is 0 Å². The van der Waals surface area contributed by atoms with Crippen LogP contribution in [0.5, 0.6) is 5.75 Å². The number of aryl methyl sites for hydroxylation is 2. The highest BCUT2D eigenvalue weighted by Crippen LogP contribution is 2.32. The van der Waals surface area contributed by atoms with Crippen molar-refractivity contribution in [3.8, 4) is 5.75 Å². The Morgan fingerprint density at radius 1 is 1.21 bits per heavy atom. The van der Waals surface area contributed by atoms with E-state index >= 15 is 0 Å². The number of aromatic hydroxyl groups is 1. The van der Waals surface area contributed by atoms with Gasteiger partial charge in [-0.15, -0.1) is 0 Å². The van der Waals surface area contributed by atoms with E-state index in [1.165, 1.54) is 18.2 Å². The second-order valence-electron chi connectivity index (χ2n) is 5.61. The van der Waals surface area contributed by atoms with E-state index < -0.39 is 20.4 Å². The highest BCUT2D eigenvalue weighted by Gasteiger charge is 2.25. The number of benzene rings is 2. The normalized spacial score (nSPS) is 11.3. The van der Waals surface area contributed by atoms with Gasteiger partial charge < -0.3 is 10.4 Å². The van der Waals surface area contributed by atoms with Crippen LogP contribution >= 0.6 is 0 Å². The van der Waals surface area contributed by atoms with Crippen LogP contribution in [0.1, 0.15) is 16.7 Å². The molecule has 0 bridgehead atoms. The van der Waals surface area contributed by atoms with E-state index in [1.54, 1.807) is 26.0 Å². The largest absolute Gasteiger partial charge is 0.507 e. The molecule has 24 heavy (non-hydrogen) atoms. The van der Waals surface area contributed by atoms with Gasteiger partial charge in [0.25, 0.3) is 0 Å². The summed E-state index contributed by atoms with van der Waals surface area (Å²) in [5.41, 5.74) is 1.89. The summed E-state index contributed by atoms with van der Waals surface area (Å²) >= 11 is 0. The number of nitrogens with one attached hydrogen (secondary N) is 1. The van der Waals surface area contributed by atoms with Crippen molar-refractivity contribution in [3.05, 3.63) is 57.1 Å². The van der Waals surface area contributed by atoms with Crippen molar-refractivity contribution in [2.24, 2.45) is 0 Å². The third-order valence-corrected chi connectivity index (χ3v) is 4.74. The Bertz CT molecular complexity index is 884. The second-order valence-corrected chi connectivity index (χ2v) is 7.60. The molecule has 7 nitrogen and oxygen atoms in total. The maximum absolute atomic E-state index is 11.8. The molecule has 0 saturated carbocycles. The number of sulfone groups is 1. The topological polar surface area (TPSA) is 110 Å². The number of phenolic OH excluding ortho intramolecular Hbond substituents is 1. The zero-order valence-electron chi connectivity index (χ0n) is 13.5. The van der Waals surface area contributed by atoms with Gasteiger partial charge in [0, 0.05) is 12.8 Å². The van der Waals surface area contributed by atoms with Crippen molar-refractivity contribution < 1.29 is 18.4 Å². The fourth-order valence-electron chi connectivity index (χ4n) is 2.50. The third-order valence-electron chi connectivity index (χ3n) is 3.61. The van der Waals surface area contributed by atoms with E-state index in [0.29, 0.717) is 11.1 Å². The molecular formula is C16H18N2O5S. The average Bonchev–Trinajstić information content (AvgIpc) is 2.48. The lowest BCUT2D eigenvalue weighted by molar-refractivity contribution is -0.386. The molecule has 0 radical (unpaired) electrons. The fourth-order valence-corrected chi connectivity index (χ4v) is 3.36. The van der Waals surface area contributed by atoms with E-state index in [-0.39, 0.29) is 22.9 Å². The van der Waals surface area contributed by atoms with Gasteiger partial charge in [0.15, 0.2) is 9.84 Å². The molecule has 8 heteroatoms. The van der Waals surface area contributed by atoms with Gasteiger partial charge in [-0.2, -0.15) is 0 Å². The van der Waals surface area contributed by atoms with Crippen LogP contribution in [0, 0.1) is 24.0 Å². The summed E-state index contributed by atoms with van der Waals surface area (Å²) < 4.78 is 23.5. The van der Waals surface area contributed by atoms with Crippen LogP contribution in [-0.2, 0) is 16.4 Å². The number of rotatable bonds is 5. The average molecular weight is 350 g/mol. The zero-order chi connectivity index (χ0) is 18.1. The minimum Gasteiger partial charge on any atom is -0.507 e. The van der Waals surface area contributed by atoms with Gasteiger partial charge in [-0.25, -0.2) is 8.42 Å². The Kier molecular flexibility index (Phi) is 4.79. The van der Waals surface area contributed by atoms with Gasteiger partial charge >= 0.3 is 5.69 Å². The highest BCUT2D eigenvalue weighted by atomic mass is 32.2. The number of hydrogen-bond acceptors (Lipinski definition) is 6. The molecule has 128 valence electrons. The van der Waals surface area contributed by atoms with E-state index in [0.717, 1.165) is 11.8 Å². The highest BCUT2D eigenvalue weighted by molar-refractivity contribution is 7.90. The lowest BCUT2D eigenvalue weighted by atomic mass is 10.1. The van der Waals surface area contributed by atoms with Crippen LogP contribution in [0.25, 0.3) is 0 Å². The minimum atomic E-state index is -3.72. The van der Waals surface area contributed by atoms with Crippen molar-refractivity contribution in [2.75, 3.05) is 11.6 Å². The van der Waals surface area contributed by atoms with E-state index in [1.807, 2.05) is 0 Å². The van der Waals surface area contributed by atoms with Gasteiger partial charge in [0.2, 0.25) is 0 Å². The van der Waals surface area contributed by atoms with Crippen LogP contribution in [0.3, 0.4) is 0 Å². The Labute approximate surface area is 140 Å². The summed E-state index contributed by atoms with van der Waals surface area (Å²) in [7, 11) is -3.72. The molecule has 0 spiro atoms. The fraction of sp³-hybridized carbons (Fsp3) is 0.250. The second kappa shape index (κ2) is 6.48. The Morgan fingerprint density at radius 2 is 1.79 bits per heavy atom. The molecule has 2 aromatic carbocycles. The zero-order valence-corrected chi connectivity index (χ0v) is 14.3. The molecule has 0 aliphatic heterocycles. The van der Waals surface area contributed by atoms with Crippen molar-refractivity contribution in [3.63, 3.8) is 0 Å². The molecule has 2 N–H and O–H groups in total. The first-order chi connectivity index (χ1) is 11.1. The molecule has 0 saturated heterocycles. The first kappa shape index (κ1) is 17.7. The number of anilines is 1. The quantitative estimate of drug-likeness (QED) is 0.634. The molecule has 0 unspecified atom stereocenters. The Morgan fingerprint density at radius 3 is 2.29 bits per heavy atom. The van der Waals surface area contributed by atoms with E-state index in [9.17, 15) is 23.6 Å². The number of nitrogens with zero attached hydrogens (tertiary/aromatic N) is 1. The molecule has 0 fully saturated rings. The lowest BCUT2D eigenvalue weighted by Gasteiger charge is -2.11. The molecule has 0 amide bonds. The number of phenols is 1. The summed E-state index contributed by atoms with van der Waals surface area (Å²) in [6.07, 6.45) is 0.936. The summed E-state index contributed by atoms with van der Waals surface area (Å²) in [6, 6.07) is 7.67. The maximum Gasteiger partial charge on any atom is 0.310 e. The van der Waals surface area contributed by atoms with Gasteiger partial charge in [0.05, 0.1) is 4.92 Å². The third kappa shape index (κ3) is 3.65. The Balaban J connectivity index is 2.39. The van der Waals surface area contributed by atoms with E-state index in [2.05, 4.69) is 5.32 Å². The number of nitro groups is 1. The van der Waals surface area contributed by atoms with Crippen LogP contribution in [0.15, 0.2) is 35.2 Å². The molecule has 0 heterocycles. The number of nitro benzene ring substituents is 1. The minimum absolute atomic E-state index is 0.131. The first-order valence-electron chi connectivity index (χ1n) is 7.11. The smallest absolute Gasteiger partial charge is 0.310 e. The van der Waals surface area contributed by atoms with Crippen LogP contribution in [0.4, 0.5) is 11.4 Å². The molecule has 0 aliphatic rings. The maximum atomic E-state index is 11.8. The number of hydrogen-bond donors (Lipinski definition) is 2. The van der Waals surface area contributed by atoms with Crippen molar-refractivity contribution in [2.45, 2.75) is 25.3 Å². The van der Waals surface area contributed by atoms with Gasteiger partial charge in [0.1, 0.15) is 16.3 Å². The van der Waals surface area contributed by atoms with Crippen LogP contribution < -0.4 is 5.32 Å². The van der Waals surface area contributed by atoms with Crippen molar-refractivity contribution >= 4 is 21.2 Å². The van der Waals surface area contributed by atoms with Crippen LogP contribution in [0.2, 0.25) is 0 Å². The predicted octanol–water partition coefficient (Wildman–Crippen LogP) is 2.93. The van der Waals surface area contributed by atoms with Crippen molar-refractivity contribution in [1.82, 2.24) is 0 Å². The number of para-hydroxylation sites is 1. The predicted molar refractivity (Wildman–Crippen MR) is 91.1 cm³/mol. The summed E-state index contributed by atoms with van der Waals surface area (Å²) in [4.78, 5) is 10.3. The van der Waals surface area contributed by atoms with Gasteiger partial charge in [-0.05, 0) is 42.7 Å². The molecule has 0 aliphatic carbocycles. The molecule has 0 atom stereocenters. The van der Waals surface area contributed by atoms with Crippen LogP contribution in [-0.4, -0.2) is 24.7 Å². The molecule has 2 rings (SSSR count). The SMILES string of the molecule is Cc1cc(CNc2cccc(S(C)(=O)=O)c2[N+](=O)[O-])cc(C)c1O. The first-order valence-corrected chi connectivity index (χ1v) is 9.01. The standard InChI is InChI=1S/C16H18N2O5S/c1-10-7-12(8-11(2)16(10)19)9-17-13-5-4-6-14(24(3,22)23)15(13)18(20)21/h4-8,17,19H,9H2,1-3H3. The summed E-state index contributed by atoms with van der Waals surface area (Å²) in [6.45, 7) is 3.78. The Hall–Kier alpha value is -2.61. The summed E-state index contributed by atoms with van der Waals surface area (Å²) in [5.74, 6) is 0.212. The van der Waals surface area contributed by atoms with E-state index in [4.69, 9.17) is 0 Å². The monoisotopic (exact) mass is 350 g/mol. The van der Waals surface area contributed by atoms with Gasteiger partial charge in [-0.3, -0.25) is 10.1 Å². The molecule has 0 aromatic heterocycles. The summed E-state index contributed by atoms with van der Waals surface area (Å²) in [5, 5.41) is 24.0.